The van der Waals surface area contributed by atoms with Crippen LogP contribution in [0.25, 0.3) is 11.1 Å². The molecule has 1 aromatic heterocycles. The van der Waals surface area contributed by atoms with Crippen molar-refractivity contribution in [2.24, 2.45) is 11.8 Å². The Bertz CT molecular complexity index is 982. The molecule has 1 aromatic carbocycles. The number of fused-ring (bicyclic) bond motifs is 1. The Morgan fingerprint density at radius 2 is 2.06 bits per heavy atom. The lowest BCUT2D eigenvalue weighted by Crippen LogP contribution is -2.54. The number of aliphatic hydroxyl groups excluding tert-OH is 1. The van der Waals surface area contributed by atoms with Gasteiger partial charge in [0.2, 0.25) is 0 Å². The molecule has 1 aliphatic carbocycles. The highest BCUT2D eigenvalue weighted by molar-refractivity contribution is 6.07. The number of hydrogen-bond acceptors (Lipinski definition) is 5. The molecule has 31 heavy (non-hydrogen) atoms. The Kier molecular flexibility index (Phi) is 5.93. The second-order valence-electron chi connectivity index (χ2n) is 9.18. The normalized spacial score (nSPS) is 22.0. The number of nitrogens with one attached hydrogen (secondary N) is 2. The van der Waals surface area contributed by atoms with Crippen molar-refractivity contribution in [2.45, 2.75) is 65.3 Å². The first kappa shape index (κ1) is 21.6. The summed E-state index contributed by atoms with van der Waals surface area (Å²) < 4.78 is 5.40. The van der Waals surface area contributed by atoms with E-state index in [0.29, 0.717) is 0 Å². The van der Waals surface area contributed by atoms with Crippen molar-refractivity contribution >= 4 is 11.6 Å². The fourth-order valence-electron chi connectivity index (χ4n) is 5.30. The molecule has 3 N–H and O–H groups in total. The number of aromatic nitrogens is 1. The van der Waals surface area contributed by atoms with Crippen LogP contribution < -0.4 is 10.6 Å². The van der Waals surface area contributed by atoms with Crippen LogP contribution in [0.3, 0.4) is 0 Å². The summed E-state index contributed by atoms with van der Waals surface area (Å²) in [6.45, 7) is 7.96. The Hall–Kier alpha value is -2.60. The molecule has 6 heteroatoms. The highest BCUT2D eigenvalue weighted by atomic mass is 16.5. The van der Waals surface area contributed by atoms with E-state index in [2.05, 4.69) is 35.7 Å². The lowest BCUT2D eigenvalue weighted by molar-refractivity contribution is -0.124. The van der Waals surface area contributed by atoms with Gasteiger partial charge in [0.15, 0.2) is 0 Å². The highest BCUT2D eigenvalue weighted by Crippen LogP contribution is 2.48. The molecule has 1 aliphatic heterocycles. The quantitative estimate of drug-likeness (QED) is 0.621. The van der Waals surface area contributed by atoms with Crippen molar-refractivity contribution < 1.29 is 14.4 Å². The van der Waals surface area contributed by atoms with E-state index in [1.54, 1.807) is 6.08 Å². The van der Waals surface area contributed by atoms with Crippen LogP contribution in [0.5, 0.6) is 0 Å². The molecule has 1 saturated carbocycles. The van der Waals surface area contributed by atoms with E-state index in [9.17, 15) is 9.90 Å². The lowest BCUT2D eigenvalue weighted by Gasteiger charge is -2.41. The Morgan fingerprint density at radius 1 is 1.32 bits per heavy atom. The molecule has 1 fully saturated rings. The van der Waals surface area contributed by atoms with E-state index in [1.807, 2.05) is 26.0 Å². The fourth-order valence-corrected chi connectivity index (χ4v) is 5.30. The highest BCUT2D eigenvalue weighted by Gasteiger charge is 2.53. The zero-order valence-electron chi connectivity index (χ0n) is 18.9. The number of allylic oxidation sites excluding steroid dienone is 1. The maximum Gasteiger partial charge on any atom is 0.255 e. The molecule has 2 aromatic rings. The number of carbonyl (C=O) groups excluding carboxylic acids is 1. The Morgan fingerprint density at radius 3 is 2.68 bits per heavy atom. The topological polar surface area (TPSA) is 87.4 Å². The molecule has 4 rings (SSSR count). The van der Waals surface area contributed by atoms with Crippen molar-refractivity contribution in [1.29, 1.82) is 0 Å². The van der Waals surface area contributed by atoms with Crippen LogP contribution in [0.15, 0.2) is 34.5 Å². The van der Waals surface area contributed by atoms with Crippen molar-refractivity contribution in [2.75, 3.05) is 11.9 Å². The molecular weight excluding hydrogens is 390 g/mol. The summed E-state index contributed by atoms with van der Waals surface area (Å²) in [4.78, 5) is 13.7. The smallest absolute Gasteiger partial charge is 0.255 e. The third kappa shape index (κ3) is 3.67. The SMILES string of the molecule is Cc1noc(C)c1-c1ccc2c(c1)C(NC(=CCO)C(C)C)(C1CCCCC1)C(=O)N2. The number of aliphatic hydroxyl groups is 1. The molecule has 0 saturated heterocycles. The number of amides is 1. The monoisotopic (exact) mass is 423 g/mol. The van der Waals surface area contributed by atoms with E-state index >= 15 is 0 Å². The molecule has 6 nitrogen and oxygen atoms in total. The minimum Gasteiger partial charge on any atom is -0.392 e. The third-order valence-electron chi connectivity index (χ3n) is 6.87. The van der Waals surface area contributed by atoms with E-state index in [0.717, 1.165) is 65.2 Å². The number of benzene rings is 1. The van der Waals surface area contributed by atoms with Gasteiger partial charge in [-0.3, -0.25) is 4.79 Å². The molecule has 166 valence electrons. The van der Waals surface area contributed by atoms with Crippen LogP contribution in [0.1, 0.15) is 63.0 Å². The zero-order valence-corrected chi connectivity index (χ0v) is 18.9. The predicted octanol–water partition coefficient (Wildman–Crippen LogP) is 4.81. The predicted molar refractivity (Wildman–Crippen MR) is 121 cm³/mol. The van der Waals surface area contributed by atoms with Crippen molar-refractivity contribution in [3.8, 4) is 11.1 Å². The van der Waals surface area contributed by atoms with Gasteiger partial charge < -0.3 is 20.3 Å². The number of hydrogen-bond donors (Lipinski definition) is 3. The van der Waals surface area contributed by atoms with E-state index < -0.39 is 5.54 Å². The Labute approximate surface area is 184 Å². The molecule has 0 radical (unpaired) electrons. The Balaban J connectivity index is 1.89. The van der Waals surface area contributed by atoms with Gasteiger partial charge >= 0.3 is 0 Å². The van der Waals surface area contributed by atoms with E-state index in [1.165, 1.54) is 6.42 Å². The first-order valence-corrected chi connectivity index (χ1v) is 11.4. The second kappa shape index (κ2) is 8.50. The summed E-state index contributed by atoms with van der Waals surface area (Å²) in [5.74, 6) is 1.11. The number of rotatable bonds is 6. The number of nitrogens with zero attached hydrogens (tertiary/aromatic N) is 1. The van der Waals surface area contributed by atoms with E-state index in [4.69, 9.17) is 4.52 Å². The van der Waals surface area contributed by atoms with Gasteiger partial charge in [-0.2, -0.15) is 0 Å². The van der Waals surface area contributed by atoms with Crippen LogP contribution in [-0.2, 0) is 10.3 Å². The molecule has 1 atom stereocenters. The van der Waals surface area contributed by atoms with Crippen LogP contribution in [0, 0.1) is 25.7 Å². The van der Waals surface area contributed by atoms with Crippen LogP contribution in [0.4, 0.5) is 5.69 Å². The summed E-state index contributed by atoms with van der Waals surface area (Å²) in [5.41, 5.74) is 4.71. The first-order valence-electron chi connectivity index (χ1n) is 11.4. The van der Waals surface area contributed by atoms with Gasteiger partial charge in [0.25, 0.3) is 5.91 Å². The summed E-state index contributed by atoms with van der Waals surface area (Å²) in [5, 5.41) is 20.5. The molecule has 0 spiro atoms. The molecule has 1 unspecified atom stereocenters. The van der Waals surface area contributed by atoms with Gasteiger partial charge in [0.05, 0.1) is 12.3 Å². The summed E-state index contributed by atoms with van der Waals surface area (Å²) >= 11 is 0. The molecular formula is C25H33N3O3. The zero-order chi connectivity index (χ0) is 22.2. The van der Waals surface area contributed by atoms with Crippen molar-refractivity contribution in [1.82, 2.24) is 10.5 Å². The van der Waals surface area contributed by atoms with E-state index in [-0.39, 0.29) is 24.3 Å². The maximum atomic E-state index is 13.7. The van der Waals surface area contributed by atoms with Gasteiger partial charge in [0.1, 0.15) is 11.3 Å². The van der Waals surface area contributed by atoms with Gasteiger partial charge in [-0.1, -0.05) is 44.3 Å². The minimum absolute atomic E-state index is 0.00481. The number of carbonyl (C=O) groups is 1. The average Bonchev–Trinajstić information content (AvgIpc) is 3.24. The van der Waals surface area contributed by atoms with Crippen LogP contribution in [-0.4, -0.2) is 22.8 Å². The average molecular weight is 424 g/mol. The third-order valence-corrected chi connectivity index (χ3v) is 6.87. The van der Waals surface area contributed by atoms with Crippen LogP contribution >= 0.6 is 0 Å². The maximum absolute atomic E-state index is 13.7. The minimum atomic E-state index is -0.851. The molecule has 0 bridgehead atoms. The lowest BCUT2D eigenvalue weighted by atomic mass is 9.70. The molecule has 2 aliphatic rings. The first-order chi connectivity index (χ1) is 14.9. The largest absolute Gasteiger partial charge is 0.392 e. The second-order valence-corrected chi connectivity index (χ2v) is 9.18. The van der Waals surface area contributed by atoms with Gasteiger partial charge in [0, 0.05) is 22.5 Å². The van der Waals surface area contributed by atoms with Gasteiger partial charge in [-0.15, -0.1) is 0 Å². The summed E-state index contributed by atoms with van der Waals surface area (Å²) in [6.07, 6.45) is 7.25. The number of anilines is 1. The fraction of sp³-hybridized carbons (Fsp3) is 0.520. The summed E-state index contributed by atoms with van der Waals surface area (Å²) in [6, 6.07) is 6.14. The van der Waals surface area contributed by atoms with Crippen molar-refractivity contribution in [3.05, 3.63) is 47.0 Å². The van der Waals surface area contributed by atoms with Gasteiger partial charge in [-0.25, -0.2) is 0 Å². The molecule has 1 amide bonds. The summed E-state index contributed by atoms with van der Waals surface area (Å²) in [7, 11) is 0. The standard InChI is InChI=1S/C25H33N3O3/c1-15(2)21(12-13-29)27-25(19-8-6-5-7-9-19)20-14-18(10-11-22(20)26-24(25)30)23-16(3)28-31-17(23)4/h10-12,14-15,19,27,29H,5-9,13H2,1-4H3,(H,26,30). The van der Waals surface area contributed by atoms with Gasteiger partial charge in [-0.05, 0) is 62.3 Å². The van der Waals surface area contributed by atoms with Crippen LogP contribution in [0.2, 0.25) is 0 Å². The number of aryl methyl sites for hydroxylation is 2. The van der Waals surface area contributed by atoms with Crippen molar-refractivity contribution in [3.63, 3.8) is 0 Å². The molecule has 2 heterocycles.